The largest absolute Gasteiger partial charge is 0.480 e. The van der Waals surface area contributed by atoms with E-state index in [0.717, 1.165) is 22.1 Å². The Hall–Kier alpha value is -0.720. The number of carbonyl (C=O) groups is 2. The molecule has 2 N–H and O–H groups in total. The van der Waals surface area contributed by atoms with Crippen molar-refractivity contribution in [1.82, 2.24) is 5.32 Å². The lowest BCUT2D eigenvalue weighted by Gasteiger charge is -2.26. The van der Waals surface area contributed by atoms with Crippen molar-refractivity contribution in [3.8, 4) is 0 Å². The molecule has 1 atom stereocenters. The van der Waals surface area contributed by atoms with Crippen LogP contribution in [0.3, 0.4) is 0 Å². The van der Waals surface area contributed by atoms with E-state index in [1.807, 2.05) is 12.1 Å². The Morgan fingerprint density at radius 2 is 2.25 bits per heavy atom. The van der Waals surface area contributed by atoms with Gasteiger partial charge in [-0.05, 0) is 37.8 Å². The van der Waals surface area contributed by atoms with Crippen LogP contribution in [-0.2, 0) is 15.3 Å². The summed E-state index contributed by atoms with van der Waals surface area (Å²) in [6.45, 7) is 1.59. The molecule has 4 nitrogen and oxygen atoms in total. The van der Waals surface area contributed by atoms with E-state index >= 15 is 0 Å². The van der Waals surface area contributed by atoms with Gasteiger partial charge in [0.25, 0.3) is 0 Å². The fraction of sp³-hybridized carbons (Fsp3) is 0.538. The van der Waals surface area contributed by atoms with Gasteiger partial charge in [-0.25, -0.2) is 4.79 Å². The van der Waals surface area contributed by atoms with E-state index in [1.165, 1.54) is 23.1 Å². The molecule has 110 valence electrons. The zero-order valence-corrected chi connectivity index (χ0v) is 13.4. The molecule has 0 aliphatic heterocycles. The minimum atomic E-state index is -1.12. The second kappa shape index (κ2) is 6.37. The first-order valence-electron chi connectivity index (χ1n) is 6.28. The van der Waals surface area contributed by atoms with E-state index < -0.39 is 11.5 Å². The molecular weight excluding hydrogens is 318 g/mol. The Balaban J connectivity index is 1.78. The standard InChI is InChI=1S/C13H16ClNO3S2/c1-13(12(17)18,8-2-3-8)15-11(16)7-19-6-9-4-5-10(14)20-9/h4-5,8H,2-3,6-7H2,1H3,(H,15,16)(H,17,18). The minimum absolute atomic E-state index is 0.0602. The molecule has 1 aromatic rings. The molecule has 1 amide bonds. The number of carboxylic acids is 1. The highest BCUT2D eigenvalue weighted by Crippen LogP contribution is 2.39. The van der Waals surface area contributed by atoms with Gasteiger partial charge in [0.2, 0.25) is 5.91 Å². The van der Waals surface area contributed by atoms with Crippen LogP contribution in [-0.4, -0.2) is 28.3 Å². The lowest BCUT2D eigenvalue weighted by Crippen LogP contribution is -2.54. The average Bonchev–Trinajstić information content (AvgIpc) is 3.14. The summed E-state index contributed by atoms with van der Waals surface area (Å²) in [7, 11) is 0. The quantitative estimate of drug-likeness (QED) is 0.805. The van der Waals surface area contributed by atoms with Gasteiger partial charge in [0, 0.05) is 10.6 Å². The van der Waals surface area contributed by atoms with Gasteiger partial charge >= 0.3 is 5.97 Å². The van der Waals surface area contributed by atoms with Crippen molar-refractivity contribution in [3.05, 3.63) is 21.3 Å². The number of amides is 1. The number of halogens is 1. The van der Waals surface area contributed by atoms with E-state index in [1.54, 1.807) is 6.92 Å². The van der Waals surface area contributed by atoms with Gasteiger partial charge in [-0.1, -0.05) is 11.6 Å². The van der Waals surface area contributed by atoms with Crippen LogP contribution in [0.4, 0.5) is 0 Å². The highest BCUT2D eigenvalue weighted by Gasteiger charge is 2.48. The molecule has 0 bridgehead atoms. The first-order chi connectivity index (χ1) is 9.41. The Bertz CT molecular complexity index is 515. The molecule has 1 heterocycles. The van der Waals surface area contributed by atoms with Crippen molar-refractivity contribution in [2.45, 2.75) is 31.1 Å². The average molecular weight is 334 g/mol. The molecule has 1 aliphatic rings. The highest BCUT2D eigenvalue weighted by atomic mass is 35.5. The van der Waals surface area contributed by atoms with Gasteiger partial charge in [0.05, 0.1) is 10.1 Å². The second-order valence-corrected chi connectivity index (χ2v) is 7.81. The summed E-state index contributed by atoms with van der Waals surface area (Å²) >= 11 is 8.78. The number of thioether (sulfide) groups is 1. The van der Waals surface area contributed by atoms with Crippen LogP contribution < -0.4 is 5.32 Å². The van der Waals surface area contributed by atoms with Crippen LogP contribution in [0.25, 0.3) is 0 Å². The number of hydrogen-bond acceptors (Lipinski definition) is 4. The zero-order valence-electron chi connectivity index (χ0n) is 11.0. The van der Waals surface area contributed by atoms with E-state index in [9.17, 15) is 14.7 Å². The summed E-state index contributed by atoms with van der Waals surface area (Å²) in [4.78, 5) is 24.3. The number of hydrogen-bond donors (Lipinski definition) is 2. The molecule has 7 heteroatoms. The maximum Gasteiger partial charge on any atom is 0.329 e. The van der Waals surface area contributed by atoms with Crippen LogP contribution in [0.1, 0.15) is 24.6 Å². The molecule has 0 saturated heterocycles. The summed E-state index contributed by atoms with van der Waals surface area (Å²) in [6, 6.07) is 3.76. The molecule has 1 saturated carbocycles. The summed E-state index contributed by atoms with van der Waals surface area (Å²) in [5.74, 6) is -0.161. The first kappa shape index (κ1) is 15.7. The number of carbonyl (C=O) groups excluding carboxylic acids is 1. The molecule has 1 aromatic heterocycles. The molecule has 1 fully saturated rings. The van der Waals surface area contributed by atoms with Gasteiger partial charge in [0.1, 0.15) is 5.54 Å². The van der Waals surface area contributed by atoms with Crippen molar-refractivity contribution < 1.29 is 14.7 Å². The number of carboxylic acid groups (broad SMARTS) is 1. The third-order valence-corrected chi connectivity index (χ3v) is 5.74. The lowest BCUT2D eigenvalue weighted by atomic mass is 9.96. The highest BCUT2D eigenvalue weighted by molar-refractivity contribution is 7.99. The molecular formula is C13H16ClNO3S2. The Morgan fingerprint density at radius 3 is 2.75 bits per heavy atom. The Morgan fingerprint density at radius 1 is 1.55 bits per heavy atom. The van der Waals surface area contributed by atoms with Crippen molar-refractivity contribution in [3.63, 3.8) is 0 Å². The molecule has 0 spiro atoms. The lowest BCUT2D eigenvalue weighted by molar-refractivity contribution is -0.147. The predicted molar refractivity (Wildman–Crippen MR) is 82.4 cm³/mol. The van der Waals surface area contributed by atoms with Gasteiger partial charge in [-0.15, -0.1) is 23.1 Å². The molecule has 0 radical (unpaired) electrons. The van der Waals surface area contributed by atoms with Crippen molar-refractivity contribution in [2.75, 3.05) is 5.75 Å². The summed E-state index contributed by atoms with van der Waals surface area (Å²) in [5.41, 5.74) is -1.12. The fourth-order valence-electron chi connectivity index (χ4n) is 1.99. The van der Waals surface area contributed by atoms with E-state index in [-0.39, 0.29) is 17.6 Å². The van der Waals surface area contributed by atoms with Crippen LogP contribution in [0, 0.1) is 5.92 Å². The number of thiophene rings is 1. The third-order valence-electron chi connectivity index (χ3n) is 3.34. The Kier molecular flexibility index (Phi) is 4.99. The zero-order chi connectivity index (χ0) is 14.8. The molecule has 1 aliphatic carbocycles. The van der Waals surface area contributed by atoms with Crippen molar-refractivity contribution >= 4 is 46.6 Å². The minimum Gasteiger partial charge on any atom is -0.480 e. The molecule has 1 unspecified atom stereocenters. The van der Waals surface area contributed by atoms with Crippen molar-refractivity contribution in [1.29, 1.82) is 0 Å². The normalized spacial score (nSPS) is 17.5. The molecule has 2 rings (SSSR count). The van der Waals surface area contributed by atoms with Crippen LogP contribution in [0.15, 0.2) is 12.1 Å². The third kappa shape index (κ3) is 3.90. The smallest absolute Gasteiger partial charge is 0.329 e. The summed E-state index contributed by atoms with van der Waals surface area (Å²) < 4.78 is 0.734. The Labute approximate surface area is 130 Å². The second-order valence-electron chi connectivity index (χ2n) is 5.03. The maximum absolute atomic E-state index is 11.9. The van der Waals surface area contributed by atoms with E-state index in [2.05, 4.69) is 5.32 Å². The van der Waals surface area contributed by atoms with Gasteiger partial charge < -0.3 is 10.4 Å². The maximum atomic E-state index is 11.9. The number of aliphatic carboxylic acids is 1. The SMILES string of the molecule is CC(NC(=O)CSCc1ccc(Cl)s1)(C(=O)O)C1CC1. The first-order valence-corrected chi connectivity index (χ1v) is 8.63. The van der Waals surface area contributed by atoms with Gasteiger partial charge in [-0.2, -0.15) is 0 Å². The topological polar surface area (TPSA) is 66.4 Å². The summed E-state index contributed by atoms with van der Waals surface area (Å²) in [6.07, 6.45) is 1.73. The van der Waals surface area contributed by atoms with Crippen LogP contribution in [0.2, 0.25) is 4.34 Å². The van der Waals surface area contributed by atoms with Crippen molar-refractivity contribution in [2.24, 2.45) is 5.92 Å². The monoisotopic (exact) mass is 333 g/mol. The van der Waals surface area contributed by atoms with Crippen LogP contribution in [0.5, 0.6) is 0 Å². The predicted octanol–water partition coefficient (Wildman–Crippen LogP) is 3.00. The number of nitrogens with one attached hydrogen (secondary N) is 1. The van der Waals surface area contributed by atoms with Gasteiger partial charge in [-0.3, -0.25) is 4.79 Å². The van der Waals surface area contributed by atoms with E-state index in [4.69, 9.17) is 11.6 Å². The summed E-state index contributed by atoms with van der Waals surface area (Å²) in [5, 5.41) is 11.9. The molecule has 20 heavy (non-hydrogen) atoms. The van der Waals surface area contributed by atoms with Gasteiger partial charge in [0.15, 0.2) is 0 Å². The van der Waals surface area contributed by atoms with E-state index in [0.29, 0.717) is 5.75 Å². The number of rotatable bonds is 7. The van der Waals surface area contributed by atoms with Crippen LogP contribution >= 0.6 is 34.7 Å². The fourth-order valence-corrected chi connectivity index (χ4v) is 4.02. The molecule has 0 aromatic carbocycles.